The molecule has 0 bridgehead atoms. The minimum Gasteiger partial charge on any atom is -0.493 e. The summed E-state index contributed by atoms with van der Waals surface area (Å²) in [6, 6.07) is 14.9. The van der Waals surface area contributed by atoms with Crippen molar-refractivity contribution in [1.29, 1.82) is 0 Å². The molecule has 0 radical (unpaired) electrons. The Labute approximate surface area is 157 Å². The molecular weight excluding hydrogens is 342 g/mol. The second-order valence-electron chi connectivity index (χ2n) is 5.52. The molecule has 0 N–H and O–H groups in total. The van der Waals surface area contributed by atoms with Crippen LogP contribution in [0.15, 0.2) is 65.3 Å². The average Bonchev–Trinajstić information content (AvgIpc) is 3.05. The number of aliphatic imine (C=N–C) groups is 1. The van der Waals surface area contributed by atoms with Gasteiger partial charge in [-0.3, -0.25) is 0 Å². The molecule has 0 aromatic heterocycles. The highest BCUT2D eigenvalue weighted by molar-refractivity contribution is 6.11. The summed E-state index contributed by atoms with van der Waals surface area (Å²) in [6.07, 6.45) is 10.3. The standard InChI is InChI=1S/C22H17NO4/c1-3-13-26-19-11-9-17(15-20(19)25-2)14-18-22(24)27-21(23-18)12-10-16-7-5-4-6-8-16/h1,4-12,14-15H,13H2,2H3/b12-10+,18-14-. The molecule has 2 aromatic carbocycles. The molecule has 0 atom stereocenters. The molecule has 1 aliphatic rings. The maximum absolute atomic E-state index is 12.0. The van der Waals surface area contributed by atoms with Crippen molar-refractivity contribution in [1.82, 2.24) is 0 Å². The van der Waals surface area contributed by atoms with E-state index in [2.05, 4.69) is 10.9 Å². The van der Waals surface area contributed by atoms with E-state index in [4.69, 9.17) is 20.6 Å². The van der Waals surface area contributed by atoms with Crippen LogP contribution >= 0.6 is 0 Å². The molecule has 1 aliphatic heterocycles. The van der Waals surface area contributed by atoms with Gasteiger partial charge in [-0.05, 0) is 35.4 Å². The van der Waals surface area contributed by atoms with E-state index < -0.39 is 5.97 Å². The highest BCUT2D eigenvalue weighted by Gasteiger charge is 2.21. The zero-order chi connectivity index (χ0) is 19.1. The first-order valence-corrected chi connectivity index (χ1v) is 8.19. The van der Waals surface area contributed by atoms with E-state index in [1.54, 1.807) is 30.4 Å². The van der Waals surface area contributed by atoms with Gasteiger partial charge in [-0.2, -0.15) is 0 Å². The lowest BCUT2D eigenvalue weighted by Gasteiger charge is -2.09. The molecule has 0 amide bonds. The number of rotatable bonds is 6. The summed E-state index contributed by atoms with van der Waals surface area (Å²) in [5.41, 5.74) is 1.92. The summed E-state index contributed by atoms with van der Waals surface area (Å²) < 4.78 is 15.9. The molecule has 0 unspecified atom stereocenters. The van der Waals surface area contributed by atoms with Crippen LogP contribution in [0, 0.1) is 12.3 Å². The number of esters is 1. The summed E-state index contributed by atoms with van der Waals surface area (Å²) >= 11 is 0. The lowest BCUT2D eigenvalue weighted by Crippen LogP contribution is -2.01. The van der Waals surface area contributed by atoms with Gasteiger partial charge in [0.1, 0.15) is 6.61 Å². The molecule has 0 spiro atoms. The molecule has 27 heavy (non-hydrogen) atoms. The number of methoxy groups -OCH3 is 1. The third-order valence-electron chi connectivity index (χ3n) is 3.66. The van der Waals surface area contributed by atoms with Crippen LogP contribution in [0.5, 0.6) is 11.5 Å². The fourth-order valence-electron chi connectivity index (χ4n) is 2.40. The van der Waals surface area contributed by atoms with Gasteiger partial charge in [-0.1, -0.05) is 42.3 Å². The van der Waals surface area contributed by atoms with Gasteiger partial charge in [-0.25, -0.2) is 9.79 Å². The number of hydrogen-bond acceptors (Lipinski definition) is 5. The topological polar surface area (TPSA) is 57.1 Å². The third-order valence-corrected chi connectivity index (χ3v) is 3.66. The average molecular weight is 359 g/mol. The predicted octanol–water partition coefficient (Wildman–Crippen LogP) is 3.72. The van der Waals surface area contributed by atoms with Crippen LogP contribution in [0.4, 0.5) is 0 Å². The van der Waals surface area contributed by atoms with Gasteiger partial charge in [-0.15, -0.1) is 6.42 Å². The van der Waals surface area contributed by atoms with Gasteiger partial charge < -0.3 is 14.2 Å². The van der Waals surface area contributed by atoms with Crippen LogP contribution in [0.25, 0.3) is 12.2 Å². The maximum atomic E-state index is 12.0. The predicted molar refractivity (Wildman–Crippen MR) is 104 cm³/mol. The number of benzene rings is 2. The number of terminal acetylenes is 1. The molecule has 5 nitrogen and oxygen atoms in total. The van der Waals surface area contributed by atoms with Crippen molar-refractivity contribution in [3.63, 3.8) is 0 Å². The molecule has 2 aromatic rings. The van der Waals surface area contributed by atoms with Crippen LogP contribution in [-0.4, -0.2) is 25.6 Å². The minimum absolute atomic E-state index is 0.143. The quantitative estimate of drug-likeness (QED) is 0.448. The highest BCUT2D eigenvalue weighted by Crippen LogP contribution is 2.29. The van der Waals surface area contributed by atoms with Gasteiger partial charge in [0, 0.05) is 6.08 Å². The Bertz CT molecular complexity index is 966. The minimum atomic E-state index is -0.505. The largest absolute Gasteiger partial charge is 0.493 e. The Morgan fingerprint density at radius 1 is 1.11 bits per heavy atom. The molecule has 0 aliphatic carbocycles. The third kappa shape index (κ3) is 4.65. The van der Waals surface area contributed by atoms with E-state index in [-0.39, 0.29) is 18.2 Å². The number of nitrogens with zero attached hydrogens (tertiary/aromatic N) is 1. The first-order chi connectivity index (χ1) is 13.2. The van der Waals surface area contributed by atoms with E-state index in [1.165, 1.54) is 7.11 Å². The maximum Gasteiger partial charge on any atom is 0.363 e. The van der Waals surface area contributed by atoms with Gasteiger partial charge in [0.25, 0.3) is 0 Å². The number of ether oxygens (including phenoxy) is 3. The second kappa shape index (κ2) is 8.54. The summed E-state index contributed by atoms with van der Waals surface area (Å²) in [5, 5.41) is 0. The Kier molecular flexibility index (Phi) is 5.70. The lowest BCUT2D eigenvalue weighted by molar-refractivity contribution is -0.129. The van der Waals surface area contributed by atoms with Crippen molar-refractivity contribution in [2.75, 3.05) is 13.7 Å². The van der Waals surface area contributed by atoms with E-state index in [9.17, 15) is 4.79 Å². The number of hydrogen-bond donors (Lipinski definition) is 0. The van der Waals surface area contributed by atoms with Gasteiger partial charge in [0.2, 0.25) is 5.90 Å². The van der Waals surface area contributed by atoms with E-state index in [1.807, 2.05) is 36.4 Å². The molecular formula is C22H17NO4. The van der Waals surface area contributed by atoms with Crippen molar-refractivity contribution in [3.8, 4) is 23.8 Å². The van der Waals surface area contributed by atoms with Crippen LogP contribution in [-0.2, 0) is 9.53 Å². The summed E-state index contributed by atoms with van der Waals surface area (Å²) in [4.78, 5) is 16.3. The molecule has 134 valence electrons. The number of carbonyl (C=O) groups is 1. The normalized spacial score (nSPS) is 14.7. The van der Waals surface area contributed by atoms with Crippen molar-refractivity contribution >= 4 is 24.0 Å². The fourth-order valence-corrected chi connectivity index (χ4v) is 2.40. The summed E-state index contributed by atoms with van der Waals surface area (Å²) in [6.45, 7) is 0.143. The SMILES string of the molecule is C#CCOc1ccc(/C=C2N=C(/C=C/c3ccccc3)OC\2=O)cc1OC. The molecule has 0 saturated carbocycles. The number of carbonyl (C=O) groups excluding carboxylic acids is 1. The number of cyclic esters (lactones) is 1. The van der Waals surface area contributed by atoms with Crippen molar-refractivity contribution in [3.05, 3.63) is 71.4 Å². The Morgan fingerprint density at radius 3 is 2.67 bits per heavy atom. The van der Waals surface area contributed by atoms with Crippen LogP contribution in [0.2, 0.25) is 0 Å². The molecule has 5 heteroatoms. The van der Waals surface area contributed by atoms with E-state index >= 15 is 0 Å². The van der Waals surface area contributed by atoms with Crippen molar-refractivity contribution in [2.24, 2.45) is 4.99 Å². The zero-order valence-corrected chi connectivity index (χ0v) is 14.7. The van der Waals surface area contributed by atoms with Crippen molar-refractivity contribution < 1.29 is 19.0 Å². The fraction of sp³-hybridized carbons (Fsp3) is 0.0909. The molecule has 3 rings (SSSR count). The highest BCUT2D eigenvalue weighted by atomic mass is 16.6. The Balaban J connectivity index is 1.80. The second-order valence-corrected chi connectivity index (χ2v) is 5.52. The molecule has 0 fully saturated rings. The smallest absolute Gasteiger partial charge is 0.363 e. The van der Waals surface area contributed by atoms with Crippen LogP contribution in [0.3, 0.4) is 0 Å². The first kappa shape index (κ1) is 18.0. The van der Waals surface area contributed by atoms with E-state index in [0.29, 0.717) is 11.5 Å². The van der Waals surface area contributed by atoms with E-state index in [0.717, 1.165) is 11.1 Å². The molecule has 0 saturated heterocycles. The summed E-state index contributed by atoms with van der Waals surface area (Å²) in [7, 11) is 1.53. The lowest BCUT2D eigenvalue weighted by atomic mass is 10.1. The van der Waals surface area contributed by atoms with Crippen LogP contribution in [0.1, 0.15) is 11.1 Å². The van der Waals surface area contributed by atoms with Gasteiger partial charge >= 0.3 is 5.97 Å². The molecule has 1 heterocycles. The monoisotopic (exact) mass is 359 g/mol. The summed E-state index contributed by atoms with van der Waals surface area (Å²) in [5.74, 6) is 3.18. The van der Waals surface area contributed by atoms with Crippen LogP contribution < -0.4 is 9.47 Å². The Morgan fingerprint density at radius 2 is 1.93 bits per heavy atom. The van der Waals surface area contributed by atoms with Gasteiger partial charge in [0.05, 0.1) is 7.11 Å². The first-order valence-electron chi connectivity index (χ1n) is 8.19. The Hall–Kier alpha value is -3.78. The zero-order valence-electron chi connectivity index (χ0n) is 14.7. The van der Waals surface area contributed by atoms with Gasteiger partial charge in [0.15, 0.2) is 17.2 Å². The van der Waals surface area contributed by atoms with Crippen molar-refractivity contribution in [2.45, 2.75) is 0 Å².